The molecule has 2 aromatic rings. The van der Waals surface area contributed by atoms with E-state index >= 15 is 0 Å². The van der Waals surface area contributed by atoms with Crippen molar-refractivity contribution in [3.05, 3.63) is 29.5 Å². The van der Waals surface area contributed by atoms with Crippen molar-refractivity contribution < 1.29 is 14.3 Å². The first-order valence-electron chi connectivity index (χ1n) is 18.7. The number of benzene rings is 1. The number of ether oxygens (including phenoxy) is 1. The van der Waals surface area contributed by atoms with Crippen molar-refractivity contribution in [2.75, 3.05) is 61.5 Å². The number of fused-ring (bicyclic) bond motifs is 2. The van der Waals surface area contributed by atoms with E-state index in [1.165, 1.54) is 58.4 Å². The Morgan fingerprint density at radius 1 is 0.979 bits per heavy atom. The minimum Gasteiger partial charge on any atom is -0.491 e. The molecule has 6 aliphatic rings. The highest BCUT2D eigenvalue weighted by Gasteiger charge is 2.41. The summed E-state index contributed by atoms with van der Waals surface area (Å²) in [5.74, 6) is 3.05. The maximum atomic E-state index is 13.6. The molecular formula is C37H52N8O3. The summed E-state index contributed by atoms with van der Waals surface area (Å²) in [7, 11) is 1.82. The number of aromatic nitrogens is 2. The van der Waals surface area contributed by atoms with Gasteiger partial charge in [-0.15, -0.1) is 0 Å². The number of carbonyl (C=O) groups is 2. The maximum Gasteiger partial charge on any atom is 0.251 e. The van der Waals surface area contributed by atoms with Gasteiger partial charge in [0.2, 0.25) is 11.9 Å². The molecule has 11 nitrogen and oxygen atoms in total. The standard InChI is InChI=1S/C37H52N8O3/c1-3-31-36(47)42(2)32-22-38-37(41-34(32)45(31)27-6-4-5-7-27)40-30-15-14-29(28-16-21-48-33(28)30)35(46)39-25-10-12-26(13-11-25)44-19-17-43(18-20-44)23-24-8-9-24/h14-15,22,24-27,31H,3-13,16-21,23H2,1-2H3,(H,39,46)(H,38,40,41)/t25-,26-,31-/m1/s1. The predicted molar refractivity (Wildman–Crippen MR) is 187 cm³/mol. The van der Waals surface area contributed by atoms with Crippen LogP contribution in [0.5, 0.6) is 5.75 Å². The van der Waals surface area contributed by atoms with Gasteiger partial charge in [0.15, 0.2) is 5.82 Å². The maximum absolute atomic E-state index is 13.6. The molecule has 2 N–H and O–H groups in total. The first-order chi connectivity index (χ1) is 23.5. The lowest BCUT2D eigenvalue weighted by Gasteiger charge is -2.43. The third-order valence-electron chi connectivity index (χ3n) is 11.9. The van der Waals surface area contributed by atoms with E-state index in [2.05, 4.69) is 37.2 Å². The van der Waals surface area contributed by atoms with Crippen LogP contribution < -0.4 is 25.2 Å². The molecule has 1 atom stereocenters. The average Bonchev–Trinajstić information content (AvgIpc) is 3.51. The smallest absolute Gasteiger partial charge is 0.251 e. The normalized spacial score (nSPS) is 26.7. The highest BCUT2D eigenvalue weighted by atomic mass is 16.5. The van der Waals surface area contributed by atoms with Gasteiger partial charge in [-0.05, 0) is 75.8 Å². The third-order valence-corrected chi connectivity index (χ3v) is 11.9. The molecule has 1 saturated heterocycles. The number of carbonyl (C=O) groups excluding carboxylic acids is 2. The van der Waals surface area contributed by atoms with E-state index in [-0.39, 0.29) is 23.9 Å². The highest BCUT2D eigenvalue weighted by molar-refractivity contribution is 6.04. The molecule has 1 aromatic heterocycles. The van der Waals surface area contributed by atoms with Crippen LogP contribution in [0.1, 0.15) is 93.5 Å². The number of nitrogens with zero attached hydrogens (tertiary/aromatic N) is 6. The first-order valence-corrected chi connectivity index (χ1v) is 18.7. The Labute approximate surface area is 284 Å². The van der Waals surface area contributed by atoms with Gasteiger partial charge < -0.3 is 30.1 Å². The Morgan fingerprint density at radius 3 is 2.48 bits per heavy atom. The number of anilines is 4. The molecule has 1 aromatic carbocycles. The zero-order valence-electron chi connectivity index (χ0n) is 28.8. The molecule has 3 saturated carbocycles. The topological polar surface area (TPSA) is 106 Å². The third kappa shape index (κ3) is 6.24. The Balaban J connectivity index is 0.923. The number of amides is 2. The minimum atomic E-state index is -0.221. The molecule has 4 heterocycles. The average molecular weight is 657 g/mol. The number of nitrogens with one attached hydrogen (secondary N) is 2. The highest BCUT2D eigenvalue weighted by Crippen LogP contribution is 2.42. The van der Waals surface area contributed by atoms with Crippen LogP contribution in [0, 0.1) is 5.92 Å². The number of rotatable bonds is 9. The molecule has 4 fully saturated rings. The van der Waals surface area contributed by atoms with Crippen molar-refractivity contribution in [3.8, 4) is 5.75 Å². The summed E-state index contributed by atoms with van der Waals surface area (Å²) in [6.45, 7) is 8.71. The number of hydrogen-bond acceptors (Lipinski definition) is 9. The van der Waals surface area contributed by atoms with Crippen molar-refractivity contribution in [2.24, 2.45) is 5.92 Å². The van der Waals surface area contributed by atoms with Gasteiger partial charge in [0, 0.05) is 75.4 Å². The van der Waals surface area contributed by atoms with Crippen LogP contribution in [-0.2, 0) is 11.2 Å². The molecule has 48 heavy (non-hydrogen) atoms. The zero-order valence-corrected chi connectivity index (χ0v) is 28.8. The van der Waals surface area contributed by atoms with Gasteiger partial charge in [0.25, 0.3) is 5.91 Å². The fourth-order valence-corrected chi connectivity index (χ4v) is 9.00. The molecule has 11 heteroatoms. The molecule has 0 spiro atoms. The van der Waals surface area contributed by atoms with E-state index < -0.39 is 0 Å². The van der Waals surface area contributed by atoms with Gasteiger partial charge in [-0.25, -0.2) is 4.98 Å². The van der Waals surface area contributed by atoms with Crippen molar-refractivity contribution in [3.63, 3.8) is 0 Å². The second-order valence-electron chi connectivity index (χ2n) is 15.0. The summed E-state index contributed by atoms with van der Waals surface area (Å²) in [5.41, 5.74) is 3.15. The molecule has 0 unspecified atom stereocenters. The van der Waals surface area contributed by atoms with Gasteiger partial charge in [0.1, 0.15) is 17.5 Å². The van der Waals surface area contributed by atoms with Crippen LogP contribution in [0.15, 0.2) is 18.3 Å². The lowest BCUT2D eigenvalue weighted by molar-refractivity contribution is -0.120. The van der Waals surface area contributed by atoms with E-state index in [1.807, 2.05) is 19.2 Å². The fraction of sp³-hybridized carbons (Fsp3) is 0.676. The summed E-state index contributed by atoms with van der Waals surface area (Å²) in [5, 5.41) is 6.78. The lowest BCUT2D eigenvalue weighted by atomic mass is 9.89. The molecule has 0 bridgehead atoms. The van der Waals surface area contributed by atoms with Gasteiger partial charge in [-0.1, -0.05) is 19.8 Å². The second kappa shape index (κ2) is 13.5. The summed E-state index contributed by atoms with van der Waals surface area (Å²) >= 11 is 0. The summed E-state index contributed by atoms with van der Waals surface area (Å²) in [4.78, 5) is 45.9. The Morgan fingerprint density at radius 2 is 1.75 bits per heavy atom. The summed E-state index contributed by atoms with van der Waals surface area (Å²) < 4.78 is 6.11. The summed E-state index contributed by atoms with van der Waals surface area (Å²) in [6, 6.07) is 4.78. The summed E-state index contributed by atoms with van der Waals surface area (Å²) in [6.07, 6.45) is 14.9. The van der Waals surface area contributed by atoms with Gasteiger partial charge >= 0.3 is 0 Å². The fourth-order valence-electron chi connectivity index (χ4n) is 9.00. The Kier molecular flexibility index (Phi) is 8.92. The number of piperazine rings is 1. The predicted octanol–water partition coefficient (Wildman–Crippen LogP) is 4.73. The van der Waals surface area contributed by atoms with Gasteiger partial charge in [0.05, 0.1) is 18.5 Å². The van der Waals surface area contributed by atoms with Crippen LogP contribution in [0.25, 0.3) is 0 Å². The van der Waals surface area contributed by atoms with Gasteiger partial charge in [-0.2, -0.15) is 4.98 Å². The van der Waals surface area contributed by atoms with E-state index in [0.717, 1.165) is 73.6 Å². The molecule has 3 aliphatic heterocycles. The molecule has 8 rings (SSSR count). The molecule has 258 valence electrons. The second-order valence-corrected chi connectivity index (χ2v) is 15.0. The SMILES string of the molecule is CC[C@@H]1C(=O)N(C)c2cnc(Nc3ccc(C(=O)N[C@H]4CC[C@H](N5CCN(CC6CC6)CC5)CC4)c4c3OCC4)nc2N1C1CCCC1. The van der Waals surface area contributed by atoms with Crippen LogP contribution in [0.4, 0.5) is 23.1 Å². The minimum absolute atomic E-state index is 0.00371. The first kappa shape index (κ1) is 31.8. The molecular weight excluding hydrogens is 604 g/mol. The quantitative estimate of drug-likeness (QED) is 0.397. The Hall–Kier alpha value is -3.44. The lowest BCUT2D eigenvalue weighted by Crippen LogP contribution is -2.55. The van der Waals surface area contributed by atoms with Gasteiger partial charge in [-0.3, -0.25) is 14.5 Å². The van der Waals surface area contributed by atoms with Crippen LogP contribution >= 0.6 is 0 Å². The monoisotopic (exact) mass is 656 g/mol. The van der Waals surface area contributed by atoms with Crippen molar-refractivity contribution >= 4 is 35.0 Å². The zero-order chi connectivity index (χ0) is 32.8. The van der Waals surface area contributed by atoms with Crippen LogP contribution in [0.2, 0.25) is 0 Å². The van der Waals surface area contributed by atoms with E-state index in [1.54, 1.807) is 11.1 Å². The van der Waals surface area contributed by atoms with E-state index in [9.17, 15) is 9.59 Å². The Bertz CT molecular complexity index is 1510. The molecule has 0 radical (unpaired) electrons. The molecule has 3 aliphatic carbocycles. The number of hydrogen-bond donors (Lipinski definition) is 2. The van der Waals surface area contributed by atoms with E-state index in [0.29, 0.717) is 42.4 Å². The van der Waals surface area contributed by atoms with Crippen molar-refractivity contribution in [1.82, 2.24) is 25.1 Å². The van der Waals surface area contributed by atoms with Crippen molar-refractivity contribution in [1.29, 1.82) is 0 Å². The van der Waals surface area contributed by atoms with E-state index in [4.69, 9.17) is 9.72 Å². The van der Waals surface area contributed by atoms with Crippen molar-refractivity contribution in [2.45, 2.75) is 108 Å². The largest absolute Gasteiger partial charge is 0.491 e. The number of likely N-dealkylation sites (N-methyl/N-ethyl adjacent to an activating group) is 1. The van der Waals surface area contributed by atoms with Crippen LogP contribution in [-0.4, -0.2) is 102 Å². The van der Waals surface area contributed by atoms with Crippen LogP contribution in [0.3, 0.4) is 0 Å². The molecule has 2 amide bonds.